The van der Waals surface area contributed by atoms with Crippen molar-refractivity contribution in [3.8, 4) is 5.13 Å². The number of fused-ring (bicyclic) bond motifs is 1. The fourth-order valence-corrected chi connectivity index (χ4v) is 7.96. The van der Waals surface area contributed by atoms with Crippen LogP contribution in [0.5, 0.6) is 0 Å². The Morgan fingerprint density at radius 2 is 1.63 bits per heavy atom. The topological polar surface area (TPSA) is 30.7 Å². The number of hydrogen-bond acceptors (Lipinski definition) is 3. The zero-order chi connectivity index (χ0) is 18.3. The third-order valence-corrected chi connectivity index (χ3v) is 8.49. The second-order valence-electron chi connectivity index (χ2n) is 9.67. The molecule has 0 aliphatic heterocycles. The molecule has 2 aromatic heterocycles. The fraction of sp³-hybridized carbons (Fsp3) is 0.565. The van der Waals surface area contributed by atoms with Crippen molar-refractivity contribution in [3.05, 3.63) is 40.7 Å². The molecule has 0 unspecified atom stereocenters. The summed E-state index contributed by atoms with van der Waals surface area (Å²) in [6, 6.07) is 7.09. The molecule has 7 rings (SSSR count). The molecular formula is C23H27N3S. The number of benzene rings is 1. The Balaban J connectivity index is 1.47. The van der Waals surface area contributed by atoms with Gasteiger partial charge < -0.3 is 0 Å². The lowest BCUT2D eigenvalue weighted by atomic mass is 9.48. The Hall–Kier alpha value is -1.68. The van der Waals surface area contributed by atoms with Crippen LogP contribution in [0.4, 0.5) is 0 Å². The molecule has 3 aromatic rings. The van der Waals surface area contributed by atoms with Gasteiger partial charge in [0, 0.05) is 5.69 Å². The molecule has 2 heterocycles. The van der Waals surface area contributed by atoms with Gasteiger partial charge in [0.15, 0.2) is 0 Å². The van der Waals surface area contributed by atoms with E-state index in [0.29, 0.717) is 5.41 Å². The smallest absolute Gasteiger partial charge is 0.211 e. The maximum atomic E-state index is 4.96. The average Bonchev–Trinajstić information content (AvgIpc) is 3.16. The Morgan fingerprint density at radius 1 is 0.963 bits per heavy atom. The van der Waals surface area contributed by atoms with E-state index in [0.717, 1.165) is 39.8 Å². The molecular weight excluding hydrogens is 350 g/mol. The largest absolute Gasteiger partial charge is 0.218 e. The van der Waals surface area contributed by atoms with E-state index in [1.165, 1.54) is 48.8 Å². The van der Waals surface area contributed by atoms with Crippen LogP contribution in [-0.2, 0) is 5.41 Å². The lowest BCUT2D eigenvalue weighted by molar-refractivity contribution is -0.00514. The quantitative estimate of drug-likeness (QED) is 0.559. The molecule has 27 heavy (non-hydrogen) atoms. The zero-order valence-electron chi connectivity index (χ0n) is 16.5. The van der Waals surface area contributed by atoms with Crippen molar-refractivity contribution in [3.63, 3.8) is 0 Å². The van der Waals surface area contributed by atoms with E-state index in [-0.39, 0.29) is 0 Å². The average molecular weight is 378 g/mol. The third-order valence-electron chi connectivity index (χ3n) is 7.52. The first-order chi connectivity index (χ1) is 13.0. The van der Waals surface area contributed by atoms with Crippen molar-refractivity contribution < 1.29 is 0 Å². The van der Waals surface area contributed by atoms with Gasteiger partial charge in [0.05, 0.1) is 15.9 Å². The summed E-state index contributed by atoms with van der Waals surface area (Å²) in [5.74, 6) is 2.96. The van der Waals surface area contributed by atoms with Gasteiger partial charge in [0.1, 0.15) is 0 Å². The maximum Gasteiger partial charge on any atom is 0.211 e. The highest BCUT2D eigenvalue weighted by atomic mass is 32.1. The molecule has 0 atom stereocenters. The minimum absolute atomic E-state index is 0.454. The van der Waals surface area contributed by atoms with E-state index < -0.39 is 0 Å². The monoisotopic (exact) mass is 377 g/mol. The molecule has 4 heteroatoms. The normalized spacial score (nSPS) is 31.9. The minimum Gasteiger partial charge on any atom is -0.218 e. The van der Waals surface area contributed by atoms with Crippen LogP contribution in [0.15, 0.2) is 18.2 Å². The van der Waals surface area contributed by atoms with Gasteiger partial charge in [-0.25, -0.2) is 9.67 Å². The summed E-state index contributed by atoms with van der Waals surface area (Å²) in [4.78, 5) is 4.96. The first kappa shape index (κ1) is 16.3. The van der Waals surface area contributed by atoms with Crippen LogP contribution in [-0.4, -0.2) is 14.8 Å². The fourth-order valence-electron chi connectivity index (χ4n) is 6.87. The molecule has 4 fully saturated rings. The van der Waals surface area contributed by atoms with Crippen LogP contribution >= 0.6 is 11.3 Å². The molecule has 4 saturated carbocycles. The van der Waals surface area contributed by atoms with Crippen molar-refractivity contribution in [2.75, 3.05) is 0 Å². The number of aryl methyl sites for hydroxylation is 3. The van der Waals surface area contributed by atoms with Crippen LogP contribution in [0.2, 0.25) is 0 Å². The highest BCUT2D eigenvalue weighted by molar-refractivity contribution is 7.20. The molecule has 140 valence electrons. The highest BCUT2D eigenvalue weighted by Crippen LogP contribution is 2.61. The van der Waals surface area contributed by atoms with Crippen LogP contribution in [0.3, 0.4) is 0 Å². The SMILES string of the molecule is Cc1cc(C)n(-c2nc3c(C)cc(C45CC6CC(CC(C6)C4)C5)cc3s2)n1. The van der Waals surface area contributed by atoms with Gasteiger partial charge in [-0.1, -0.05) is 17.4 Å². The van der Waals surface area contributed by atoms with Crippen LogP contribution in [0, 0.1) is 38.5 Å². The summed E-state index contributed by atoms with van der Waals surface area (Å²) in [6.07, 6.45) is 8.78. The zero-order valence-corrected chi connectivity index (χ0v) is 17.3. The summed E-state index contributed by atoms with van der Waals surface area (Å²) < 4.78 is 3.34. The summed E-state index contributed by atoms with van der Waals surface area (Å²) in [7, 11) is 0. The van der Waals surface area contributed by atoms with Gasteiger partial charge in [-0.2, -0.15) is 5.10 Å². The van der Waals surface area contributed by atoms with Crippen molar-refractivity contribution in [1.82, 2.24) is 14.8 Å². The lowest BCUT2D eigenvalue weighted by Crippen LogP contribution is -2.48. The van der Waals surface area contributed by atoms with Gasteiger partial charge in [-0.05, 0) is 106 Å². The first-order valence-electron chi connectivity index (χ1n) is 10.4. The van der Waals surface area contributed by atoms with Crippen molar-refractivity contribution >= 4 is 21.6 Å². The van der Waals surface area contributed by atoms with Crippen molar-refractivity contribution in [2.45, 2.75) is 64.7 Å². The standard InChI is InChI=1S/C23H27N3S/c1-13-4-19(23-10-16-6-17(11-23)8-18(7-16)12-23)9-20-21(13)24-22(27-20)26-15(3)5-14(2)25-26/h4-5,9,16-18H,6-8,10-12H2,1-3H3. The van der Waals surface area contributed by atoms with E-state index in [1.54, 1.807) is 16.9 Å². The molecule has 0 radical (unpaired) electrons. The summed E-state index contributed by atoms with van der Waals surface area (Å²) in [5.41, 5.74) is 6.77. The maximum absolute atomic E-state index is 4.96. The molecule has 4 aliphatic carbocycles. The molecule has 0 N–H and O–H groups in total. The number of nitrogens with zero attached hydrogens (tertiary/aromatic N) is 3. The van der Waals surface area contributed by atoms with Crippen LogP contribution in [0.1, 0.15) is 61.0 Å². The van der Waals surface area contributed by atoms with Crippen molar-refractivity contribution in [2.24, 2.45) is 17.8 Å². The molecule has 1 aromatic carbocycles. The Morgan fingerprint density at radius 3 is 2.22 bits per heavy atom. The lowest BCUT2D eigenvalue weighted by Gasteiger charge is -2.57. The number of thiazole rings is 1. The number of rotatable bonds is 2. The predicted octanol–water partition coefficient (Wildman–Crippen LogP) is 5.88. The van der Waals surface area contributed by atoms with E-state index in [2.05, 4.69) is 37.1 Å². The molecule has 4 bridgehead atoms. The second kappa shape index (κ2) is 5.44. The van der Waals surface area contributed by atoms with Gasteiger partial charge in [-0.15, -0.1) is 0 Å². The highest BCUT2D eigenvalue weighted by Gasteiger charge is 2.51. The first-order valence-corrected chi connectivity index (χ1v) is 11.3. The van der Waals surface area contributed by atoms with Crippen LogP contribution in [0.25, 0.3) is 15.3 Å². The second-order valence-corrected chi connectivity index (χ2v) is 10.7. The van der Waals surface area contributed by atoms with Gasteiger partial charge >= 0.3 is 0 Å². The molecule has 0 spiro atoms. The summed E-state index contributed by atoms with van der Waals surface area (Å²) >= 11 is 1.80. The molecule has 3 nitrogen and oxygen atoms in total. The van der Waals surface area contributed by atoms with E-state index in [4.69, 9.17) is 4.98 Å². The molecule has 0 amide bonds. The number of hydrogen-bond donors (Lipinski definition) is 0. The third kappa shape index (κ3) is 2.38. The minimum atomic E-state index is 0.454. The van der Waals surface area contributed by atoms with Gasteiger partial charge in [-0.3, -0.25) is 0 Å². The predicted molar refractivity (Wildman–Crippen MR) is 111 cm³/mol. The van der Waals surface area contributed by atoms with Gasteiger partial charge in [0.2, 0.25) is 5.13 Å². The molecule has 0 saturated heterocycles. The van der Waals surface area contributed by atoms with Gasteiger partial charge in [0.25, 0.3) is 0 Å². The molecule has 4 aliphatic rings. The van der Waals surface area contributed by atoms with Crippen LogP contribution < -0.4 is 0 Å². The number of aromatic nitrogens is 3. The summed E-state index contributed by atoms with van der Waals surface area (Å²) in [5, 5.41) is 5.65. The summed E-state index contributed by atoms with van der Waals surface area (Å²) in [6.45, 7) is 6.41. The Labute approximate surface area is 164 Å². The Kier molecular flexibility index (Phi) is 3.28. The Bertz CT molecular complexity index is 1020. The van der Waals surface area contributed by atoms with E-state index >= 15 is 0 Å². The van der Waals surface area contributed by atoms with E-state index in [9.17, 15) is 0 Å². The van der Waals surface area contributed by atoms with Crippen molar-refractivity contribution in [1.29, 1.82) is 0 Å². The van der Waals surface area contributed by atoms with E-state index in [1.807, 2.05) is 11.6 Å².